The summed E-state index contributed by atoms with van der Waals surface area (Å²) in [5.41, 5.74) is 2.31. The zero-order valence-electron chi connectivity index (χ0n) is 17.0. The van der Waals surface area contributed by atoms with Crippen LogP contribution in [0.25, 0.3) is 10.9 Å². The molecule has 31 heavy (non-hydrogen) atoms. The lowest BCUT2D eigenvalue weighted by molar-refractivity contribution is 0.123. The Hall–Kier alpha value is -3.34. The van der Waals surface area contributed by atoms with Crippen LogP contribution in [0.3, 0.4) is 0 Å². The van der Waals surface area contributed by atoms with Crippen molar-refractivity contribution in [2.75, 3.05) is 31.7 Å². The first-order chi connectivity index (χ1) is 15.3. The SMILES string of the molecule is C#Cc1ccccc1Nc1ncnc2cc(OC3CCOC3)c(OC3CCOC3)cc12. The second-order valence-corrected chi connectivity index (χ2v) is 7.56. The third-order valence-electron chi connectivity index (χ3n) is 5.40. The molecule has 5 rings (SSSR count). The highest BCUT2D eigenvalue weighted by atomic mass is 16.6. The van der Waals surface area contributed by atoms with Gasteiger partial charge in [0.15, 0.2) is 11.5 Å². The van der Waals surface area contributed by atoms with Crippen LogP contribution in [0, 0.1) is 12.3 Å². The number of nitrogens with zero attached hydrogens (tertiary/aromatic N) is 2. The second kappa shape index (κ2) is 8.80. The molecule has 2 atom stereocenters. The molecule has 7 nitrogen and oxygen atoms in total. The molecule has 1 N–H and O–H groups in total. The van der Waals surface area contributed by atoms with E-state index in [1.807, 2.05) is 36.4 Å². The number of anilines is 2. The number of aromatic nitrogens is 2. The van der Waals surface area contributed by atoms with E-state index < -0.39 is 0 Å². The largest absolute Gasteiger partial charge is 0.484 e. The van der Waals surface area contributed by atoms with Gasteiger partial charge >= 0.3 is 0 Å². The third kappa shape index (κ3) is 4.26. The van der Waals surface area contributed by atoms with Gasteiger partial charge in [0, 0.05) is 29.9 Å². The molecule has 2 aliphatic rings. The predicted molar refractivity (Wildman–Crippen MR) is 117 cm³/mol. The standard InChI is InChI=1S/C24H23N3O4/c1-2-16-5-3-4-6-20(16)27-24-19-11-22(30-17-7-9-28-13-17)23(12-21(19)25-15-26-24)31-18-8-10-29-14-18/h1,3-6,11-12,15,17-18H,7-10,13-14H2,(H,25,26,27). The lowest BCUT2D eigenvalue weighted by Gasteiger charge is -2.20. The average molecular weight is 417 g/mol. The molecule has 0 radical (unpaired) electrons. The predicted octanol–water partition coefficient (Wildman–Crippen LogP) is 3.69. The van der Waals surface area contributed by atoms with Crippen LogP contribution in [0.4, 0.5) is 11.5 Å². The number of rotatable bonds is 6. The highest BCUT2D eigenvalue weighted by Gasteiger charge is 2.24. The summed E-state index contributed by atoms with van der Waals surface area (Å²) in [5.74, 6) is 4.65. The molecule has 0 saturated carbocycles. The van der Waals surface area contributed by atoms with E-state index in [4.69, 9.17) is 25.4 Å². The van der Waals surface area contributed by atoms with Gasteiger partial charge in [-0.1, -0.05) is 18.1 Å². The summed E-state index contributed by atoms with van der Waals surface area (Å²) in [5, 5.41) is 4.16. The van der Waals surface area contributed by atoms with Gasteiger partial charge in [0.2, 0.25) is 0 Å². The van der Waals surface area contributed by atoms with Gasteiger partial charge in [-0.2, -0.15) is 0 Å². The van der Waals surface area contributed by atoms with Gasteiger partial charge in [-0.3, -0.25) is 0 Å². The summed E-state index contributed by atoms with van der Waals surface area (Å²) in [7, 11) is 0. The minimum atomic E-state index is -0.0113. The first-order valence-corrected chi connectivity index (χ1v) is 10.4. The van der Waals surface area contributed by atoms with Crippen LogP contribution < -0.4 is 14.8 Å². The van der Waals surface area contributed by atoms with E-state index in [2.05, 4.69) is 21.2 Å². The smallest absolute Gasteiger partial charge is 0.163 e. The van der Waals surface area contributed by atoms with Crippen molar-refractivity contribution in [1.29, 1.82) is 0 Å². The second-order valence-electron chi connectivity index (χ2n) is 7.56. The first-order valence-electron chi connectivity index (χ1n) is 10.4. The van der Waals surface area contributed by atoms with Crippen molar-refractivity contribution in [3.05, 3.63) is 48.3 Å². The summed E-state index contributed by atoms with van der Waals surface area (Å²) >= 11 is 0. The van der Waals surface area contributed by atoms with Crippen molar-refractivity contribution in [3.63, 3.8) is 0 Å². The Balaban J connectivity index is 1.54. The van der Waals surface area contributed by atoms with E-state index >= 15 is 0 Å². The topological polar surface area (TPSA) is 74.7 Å². The number of hydrogen-bond acceptors (Lipinski definition) is 7. The molecule has 2 saturated heterocycles. The fourth-order valence-electron chi connectivity index (χ4n) is 3.76. The summed E-state index contributed by atoms with van der Waals surface area (Å²) in [6, 6.07) is 11.5. The van der Waals surface area contributed by atoms with Gasteiger partial charge in [-0.25, -0.2) is 9.97 Å². The van der Waals surface area contributed by atoms with Crippen LogP contribution in [0.15, 0.2) is 42.7 Å². The Morgan fingerprint density at radius 1 is 0.968 bits per heavy atom. The van der Waals surface area contributed by atoms with Crippen LogP contribution in [0.5, 0.6) is 11.5 Å². The number of benzene rings is 2. The quantitative estimate of drug-likeness (QED) is 0.613. The molecule has 0 spiro atoms. The average Bonchev–Trinajstić information content (AvgIpc) is 3.49. The first kappa shape index (κ1) is 19.6. The zero-order chi connectivity index (χ0) is 21.0. The molecule has 7 heteroatoms. The maximum atomic E-state index is 6.27. The van der Waals surface area contributed by atoms with Crippen molar-refractivity contribution in [3.8, 4) is 23.8 Å². The fourth-order valence-corrected chi connectivity index (χ4v) is 3.76. The van der Waals surface area contributed by atoms with Gasteiger partial charge in [0.25, 0.3) is 0 Å². The molecule has 3 aromatic rings. The molecule has 1 aromatic heterocycles. The lowest BCUT2D eigenvalue weighted by atomic mass is 10.1. The monoisotopic (exact) mass is 417 g/mol. The van der Waals surface area contributed by atoms with E-state index in [1.165, 1.54) is 6.33 Å². The van der Waals surface area contributed by atoms with Crippen LogP contribution in [-0.2, 0) is 9.47 Å². The Kier molecular flexibility index (Phi) is 5.57. The Morgan fingerprint density at radius 3 is 2.35 bits per heavy atom. The number of para-hydroxylation sites is 1. The zero-order valence-corrected chi connectivity index (χ0v) is 17.0. The highest BCUT2D eigenvalue weighted by Crippen LogP contribution is 2.37. The molecule has 2 fully saturated rings. The van der Waals surface area contributed by atoms with Crippen LogP contribution >= 0.6 is 0 Å². The Bertz CT molecular complexity index is 1120. The normalized spacial score (nSPS) is 20.5. The number of fused-ring (bicyclic) bond motifs is 1. The molecule has 0 amide bonds. The molecule has 2 aromatic carbocycles. The molecular formula is C24H23N3O4. The van der Waals surface area contributed by atoms with Crippen LogP contribution in [-0.4, -0.2) is 48.6 Å². The summed E-state index contributed by atoms with van der Waals surface area (Å²) in [6.45, 7) is 2.54. The van der Waals surface area contributed by atoms with Crippen molar-refractivity contribution < 1.29 is 18.9 Å². The van der Waals surface area contributed by atoms with Crippen molar-refractivity contribution in [2.24, 2.45) is 0 Å². The molecule has 0 aliphatic carbocycles. The molecule has 0 bridgehead atoms. The van der Waals surface area contributed by atoms with E-state index in [0.717, 1.165) is 35.0 Å². The number of terminal acetylenes is 1. The lowest BCUT2D eigenvalue weighted by Crippen LogP contribution is -2.19. The Morgan fingerprint density at radius 2 is 1.68 bits per heavy atom. The van der Waals surface area contributed by atoms with Crippen molar-refractivity contribution >= 4 is 22.4 Å². The van der Waals surface area contributed by atoms with Gasteiger partial charge in [-0.05, 0) is 18.2 Å². The van der Waals surface area contributed by atoms with Gasteiger partial charge in [0.05, 0.1) is 37.6 Å². The van der Waals surface area contributed by atoms with E-state index in [-0.39, 0.29) is 12.2 Å². The van der Waals surface area contributed by atoms with Gasteiger partial charge in [0.1, 0.15) is 24.4 Å². The molecule has 158 valence electrons. The van der Waals surface area contributed by atoms with E-state index in [0.29, 0.717) is 43.7 Å². The van der Waals surface area contributed by atoms with Crippen LogP contribution in [0.2, 0.25) is 0 Å². The van der Waals surface area contributed by atoms with E-state index in [1.54, 1.807) is 0 Å². The fraction of sp³-hybridized carbons (Fsp3) is 0.333. The number of nitrogens with one attached hydrogen (secondary N) is 1. The Labute approximate surface area is 180 Å². The van der Waals surface area contributed by atoms with Crippen LogP contribution in [0.1, 0.15) is 18.4 Å². The molecular weight excluding hydrogens is 394 g/mol. The molecule has 2 aliphatic heterocycles. The maximum Gasteiger partial charge on any atom is 0.163 e. The van der Waals surface area contributed by atoms with Gasteiger partial charge in [-0.15, -0.1) is 6.42 Å². The highest BCUT2D eigenvalue weighted by molar-refractivity contribution is 5.93. The van der Waals surface area contributed by atoms with Crippen molar-refractivity contribution in [1.82, 2.24) is 9.97 Å². The van der Waals surface area contributed by atoms with Crippen molar-refractivity contribution in [2.45, 2.75) is 25.0 Å². The summed E-state index contributed by atoms with van der Waals surface area (Å²) < 4.78 is 23.4. The van der Waals surface area contributed by atoms with E-state index in [9.17, 15) is 0 Å². The molecule has 3 heterocycles. The maximum absolute atomic E-state index is 6.27. The summed E-state index contributed by atoms with van der Waals surface area (Å²) in [6.07, 6.45) is 8.86. The third-order valence-corrected chi connectivity index (χ3v) is 5.40. The minimum absolute atomic E-state index is 0.00145. The summed E-state index contributed by atoms with van der Waals surface area (Å²) in [4.78, 5) is 8.90. The van der Waals surface area contributed by atoms with Gasteiger partial charge < -0.3 is 24.3 Å². The molecule has 2 unspecified atom stereocenters. The minimum Gasteiger partial charge on any atom is -0.484 e. The number of ether oxygens (including phenoxy) is 4. The number of hydrogen-bond donors (Lipinski definition) is 1.